The first-order valence-corrected chi connectivity index (χ1v) is 5.83. The van der Waals surface area contributed by atoms with E-state index in [9.17, 15) is 14.7 Å². The number of rotatable bonds is 2. The van der Waals surface area contributed by atoms with E-state index in [4.69, 9.17) is 5.39 Å². The zero-order chi connectivity index (χ0) is 15.6. The van der Waals surface area contributed by atoms with E-state index < -0.39 is 11.9 Å². The molecule has 7 nitrogen and oxygen atoms in total. The fourth-order valence-electron chi connectivity index (χ4n) is 2.10. The fraction of sp³-hybridized carbons (Fsp3) is 0.143. The highest BCUT2D eigenvalue weighted by atomic mass is 16.5. The van der Waals surface area contributed by atoms with E-state index in [1.165, 1.54) is 24.3 Å². The molecule has 0 amide bonds. The maximum atomic E-state index is 11.9. The first-order valence-electron chi connectivity index (χ1n) is 5.83. The molecule has 0 aromatic rings. The number of carbonyl (C=O) groups excluding carboxylic acids is 2. The second-order valence-corrected chi connectivity index (χ2v) is 4.08. The zero-order valence-electron chi connectivity index (χ0n) is 11.2. The van der Waals surface area contributed by atoms with Crippen LogP contribution in [0.4, 0.5) is 5.69 Å². The number of esters is 2. The van der Waals surface area contributed by atoms with Gasteiger partial charge >= 0.3 is 17.6 Å². The molecule has 0 heterocycles. The Labute approximate surface area is 119 Å². The number of ether oxygens (including phenoxy) is 2. The first-order chi connectivity index (χ1) is 10.0. The molecule has 21 heavy (non-hydrogen) atoms. The molecular formula is C14H10N2O5. The van der Waals surface area contributed by atoms with Gasteiger partial charge in [0.2, 0.25) is 5.39 Å². The Bertz CT molecular complexity index is 694. The van der Waals surface area contributed by atoms with E-state index in [2.05, 4.69) is 14.4 Å². The molecule has 0 radical (unpaired) electrons. The lowest BCUT2D eigenvalue weighted by molar-refractivity contribution is -0.268. The fourth-order valence-corrected chi connectivity index (χ4v) is 2.10. The lowest BCUT2D eigenvalue weighted by Gasteiger charge is -1.98. The number of methoxy groups -OCH3 is 2. The minimum atomic E-state index is -0.790. The largest absolute Gasteiger partial charge is 0.872 e. The van der Waals surface area contributed by atoms with Crippen LogP contribution in [0.5, 0.6) is 5.75 Å². The predicted molar refractivity (Wildman–Crippen MR) is 69.9 cm³/mol. The minimum absolute atomic E-state index is 0.106. The average Bonchev–Trinajstić information content (AvgIpc) is 2.70. The summed E-state index contributed by atoms with van der Waals surface area (Å²) >= 11 is 0. The van der Waals surface area contributed by atoms with Crippen molar-refractivity contribution in [3.63, 3.8) is 0 Å². The monoisotopic (exact) mass is 286 g/mol. The molecule has 0 saturated carbocycles. The van der Waals surface area contributed by atoms with Crippen molar-refractivity contribution in [2.75, 3.05) is 14.2 Å². The van der Waals surface area contributed by atoms with Crippen molar-refractivity contribution in [2.24, 2.45) is 0 Å². The third-order valence-corrected chi connectivity index (χ3v) is 3.01. The molecule has 0 spiro atoms. The molecule has 0 bridgehead atoms. The highest BCUT2D eigenvalue weighted by Gasteiger charge is 2.40. The van der Waals surface area contributed by atoms with Crippen molar-refractivity contribution in [2.45, 2.75) is 0 Å². The summed E-state index contributed by atoms with van der Waals surface area (Å²) < 4.78 is 9.27. The quantitative estimate of drug-likeness (QED) is 0.617. The van der Waals surface area contributed by atoms with E-state index in [0.29, 0.717) is 0 Å². The van der Waals surface area contributed by atoms with Gasteiger partial charge in [0.05, 0.1) is 14.2 Å². The van der Waals surface area contributed by atoms with Crippen molar-refractivity contribution in [1.82, 2.24) is 0 Å². The van der Waals surface area contributed by atoms with Crippen LogP contribution in [0.2, 0.25) is 0 Å². The van der Waals surface area contributed by atoms with Crippen LogP contribution in [-0.4, -0.2) is 26.2 Å². The second-order valence-electron chi connectivity index (χ2n) is 4.08. The second kappa shape index (κ2) is 5.46. The van der Waals surface area contributed by atoms with Gasteiger partial charge in [-0.25, -0.2) is 9.59 Å². The predicted octanol–water partition coefficient (Wildman–Crippen LogP) is 1.92. The van der Waals surface area contributed by atoms with Crippen molar-refractivity contribution in [1.29, 1.82) is 5.39 Å². The molecule has 0 atom stereocenters. The van der Waals surface area contributed by atoms with E-state index in [0.717, 1.165) is 14.2 Å². The van der Waals surface area contributed by atoms with Crippen molar-refractivity contribution in [3.8, 4) is 16.9 Å². The molecule has 0 aliphatic heterocycles. The Morgan fingerprint density at radius 1 is 1.00 bits per heavy atom. The van der Waals surface area contributed by atoms with Crippen LogP contribution < -0.4 is 5.11 Å². The minimum Gasteiger partial charge on any atom is -0.872 e. The van der Waals surface area contributed by atoms with Gasteiger partial charge in [0.15, 0.2) is 16.1 Å². The summed E-state index contributed by atoms with van der Waals surface area (Å²) in [5.41, 5.74) is 0.0636. The molecule has 2 aliphatic carbocycles. The maximum Gasteiger partial charge on any atom is 0.415 e. The third-order valence-electron chi connectivity index (χ3n) is 3.01. The summed E-state index contributed by atoms with van der Waals surface area (Å²) in [5.74, 6) is -1.89. The third kappa shape index (κ3) is 2.23. The van der Waals surface area contributed by atoms with Gasteiger partial charge in [0, 0.05) is 11.1 Å². The molecule has 106 valence electrons. The van der Waals surface area contributed by atoms with Gasteiger partial charge in [0.1, 0.15) is 0 Å². The molecule has 0 N–H and O–H groups in total. The summed E-state index contributed by atoms with van der Waals surface area (Å²) in [5, 5.41) is 20.6. The Balaban J connectivity index is 2.94. The standard InChI is InChI=1S/C14H10N2O5/c1-20-13(18)10-8-5-3-7(17)4-6-9(8)11(12(10)16-15)14(19)21-2/h3-6H,1-2H3. The van der Waals surface area contributed by atoms with Crippen LogP contribution in [0.1, 0.15) is 20.7 Å². The van der Waals surface area contributed by atoms with Gasteiger partial charge in [-0.15, -0.1) is 5.75 Å². The van der Waals surface area contributed by atoms with Crippen LogP contribution >= 0.6 is 0 Å². The number of hydrogen-bond donors (Lipinski definition) is 0. The van der Waals surface area contributed by atoms with E-state index in [1.807, 2.05) is 0 Å². The van der Waals surface area contributed by atoms with Crippen LogP contribution in [-0.2, 0) is 9.47 Å². The Morgan fingerprint density at radius 2 is 1.43 bits per heavy atom. The molecule has 0 fully saturated rings. The summed E-state index contributed by atoms with van der Waals surface area (Å²) in [7, 11) is 2.31. The SMILES string of the molecule is COC(=O)c1c2ccc([O-])ccc-2c(C(=O)OC)c1[N+]#N. The Hall–Kier alpha value is -3.14. The average molecular weight is 286 g/mol. The van der Waals surface area contributed by atoms with Crippen molar-refractivity contribution in [3.05, 3.63) is 40.4 Å². The first kappa shape index (κ1) is 14.3. The summed E-state index contributed by atoms with van der Waals surface area (Å²) in [6, 6.07) is 5.20. The van der Waals surface area contributed by atoms with Gasteiger partial charge in [-0.3, -0.25) is 0 Å². The summed E-state index contributed by atoms with van der Waals surface area (Å²) in [6.07, 6.45) is 0. The number of diazo groups is 1. The van der Waals surface area contributed by atoms with E-state index >= 15 is 0 Å². The lowest BCUT2D eigenvalue weighted by atomic mass is 10.1. The molecule has 2 rings (SSSR count). The van der Waals surface area contributed by atoms with Crippen LogP contribution in [0, 0.1) is 5.39 Å². The normalized spacial score (nSPS) is 9.95. The zero-order valence-corrected chi connectivity index (χ0v) is 11.2. The highest BCUT2D eigenvalue weighted by molar-refractivity contribution is 6.16. The highest BCUT2D eigenvalue weighted by Crippen LogP contribution is 2.43. The van der Waals surface area contributed by atoms with Crippen LogP contribution in [0.3, 0.4) is 0 Å². The lowest BCUT2D eigenvalue weighted by Crippen LogP contribution is -2.02. The van der Waals surface area contributed by atoms with E-state index in [1.54, 1.807) is 0 Å². The van der Waals surface area contributed by atoms with Gasteiger partial charge in [-0.2, -0.15) is 0 Å². The molecular weight excluding hydrogens is 276 g/mol. The molecule has 7 heteroatoms. The van der Waals surface area contributed by atoms with Gasteiger partial charge in [-0.05, 0) is 0 Å². The summed E-state index contributed by atoms with van der Waals surface area (Å²) in [4.78, 5) is 26.8. The topological polar surface area (TPSA) is 104 Å². The van der Waals surface area contributed by atoms with Gasteiger partial charge < -0.3 is 14.6 Å². The Morgan fingerprint density at radius 3 is 1.76 bits per heavy atom. The van der Waals surface area contributed by atoms with Crippen molar-refractivity contribution < 1.29 is 24.2 Å². The summed E-state index contributed by atoms with van der Waals surface area (Å²) in [6.45, 7) is 0. The smallest absolute Gasteiger partial charge is 0.415 e. The molecule has 0 aromatic carbocycles. The van der Waals surface area contributed by atoms with Crippen LogP contribution in [0.25, 0.3) is 16.1 Å². The number of nitrogens with zero attached hydrogens (tertiary/aromatic N) is 2. The molecule has 2 aliphatic rings. The van der Waals surface area contributed by atoms with Crippen LogP contribution in [0.15, 0.2) is 24.3 Å². The molecule has 0 saturated heterocycles. The van der Waals surface area contributed by atoms with Crippen molar-refractivity contribution >= 4 is 17.6 Å². The number of carbonyl (C=O) groups is 2. The maximum absolute atomic E-state index is 11.9. The van der Waals surface area contributed by atoms with Gasteiger partial charge in [-0.1, -0.05) is 24.3 Å². The van der Waals surface area contributed by atoms with Gasteiger partial charge in [0.25, 0.3) is 0 Å². The Kier molecular flexibility index (Phi) is 3.71. The molecule has 0 aromatic heterocycles. The van der Waals surface area contributed by atoms with E-state index in [-0.39, 0.29) is 33.7 Å². The molecule has 0 unspecified atom stereocenters. The number of fused-ring (bicyclic) bond motifs is 1. The number of hydrogen-bond acceptors (Lipinski definition) is 6.